The summed E-state index contributed by atoms with van der Waals surface area (Å²) in [5.41, 5.74) is 3.07. The Labute approximate surface area is 96.8 Å². The van der Waals surface area contributed by atoms with Gasteiger partial charge in [0, 0.05) is 24.9 Å². The van der Waals surface area contributed by atoms with E-state index in [1.165, 1.54) is 17.7 Å². The van der Waals surface area contributed by atoms with E-state index in [1.54, 1.807) is 7.11 Å². The molecule has 0 fully saturated rings. The van der Waals surface area contributed by atoms with Crippen molar-refractivity contribution in [1.29, 1.82) is 0 Å². The average molecular weight is 223 g/mol. The summed E-state index contributed by atoms with van der Waals surface area (Å²) in [6, 6.07) is 0. The van der Waals surface area contributed by atoms with Crippen molar-refractivity contribution in [2.75, 3.05) is 25.6 Å². The molecule has 0 saturated heterocycles. The van der Waals surface area contributed by atoms with Crippen LogP contribution in [0.2, 0.25) is 0 Å². The fourth-order valence-corrected chi connectivity index (χ4v) is 2.25. The summed E-state index contributed by atoms with van der Waals surface area (Å²) >= 11 is 0. The molecule has 4 nitrogen and oxygen atoms in total. The number of H-pyrrole nitrogens is 1. The van der Waals surface area contributed by atoms with E-state index in [1.807, 2.05) is 0 Å². The van der Waals surface area contributed by atoms with Gasteiger partial charge in [0.25, 0.3) is 0 Å². The first-order chi connectivity index (χ1) is 7.62. The second-order valence-electron chi connectivity index (χ2n) is 5.29. The molecule has 1 aromatic rings. The fourth-order valence-electron chi connectivity index (χ4n) is 2.25. The van der Waals surface area contributed by atoms with E-state index in [0.29, 0.717) is 12.0 Å². The molecule has 0 bridgehead atoms. The summed E-state index contributed by atoms with van der Waals surface area (Å²) in [7, 11) is 1.71. The molecular weight excluding hydrogens is 202 g/mol. The predicted octanol–water partition coefficient (Wildman–Crippen LogP) is 1.98. The molecule has 0 radical (unpaired) electrons. The van der Waals surface area contributed by atoms with Crippen LogP contribution in [0.15, 0.2) is 0 Å². The molecule has 0 aliphatic heterocycles. The van der Waals surface area contributed by atoms with Gasteiger partial charge in [-0.2, -0.15) is 5.10 Å². The summed E-state index contributed by atoms with van der Waals surface area (Å²) in [4.78, 5) is 0. The highest BCUT2D eigenvalue weighted by molar-refractivity contribution is 5.48. The number of aryl methyl sites for hydroxylation is 1. The number of nitrogens with one attached hydrogen (secondary N) is 2. The van der Waals surface area contributed by atoms with E-state index in [0.717, 1.165) is 25.2 Å². The summed E-state index contributed by atoms with van der Waals surface area (Å²) in [5.74, 6) is 1.01. The summed E-state index contributed by atoms with van der Waals surface area (Å²) < 4.78 is 5.02. The van der Waals surface area contributed by atoms with Gasteiger partial charge in [-0.1, -0.05) is 13.8 Å². The molecule has 1 aliphatic rings. The zero-order chi connectivity index (χ0) is 11.6. The van der Waals surface area contributed by atoms with Crippen molar-refractivity contribution in [2.24, 2.45) is 5.41 Å². The van der Waals surface area contributed by atoms with Crippen molar-refractivity contribution in [3.05, 3.63) is 11.3 Å². The minimum Gasteiger partial charge on any atom is -0.383 e. The van der Waals surface area contributed by atoms with E-state index in [2.05, 4.69) is 29.4 Å². The van der Waals surface area contributed by atoms with Crippen LogP contribution >= 0.6 is 0 Å². The van der Waals surface area contributed by atoms with Crippen LogP contribution in [0, 0.1) is 5.41 Å². The zero-order valence-corrected chi connectivity index (χ0v) is 10.4. The highest BCUT2D eigenvalue weighted by Gasteiger charge is 2.28. The second kappa shape index (κ2) is 4.45. The summed E-state index contributed by atoms with van der Waals surface area (Å²) in [6.45, 7) is 6.17. The van der Waals surface area contributed by atoms with Crippen molar-refractivity contribution in [1.82, 2.24) is 10.2 Å². The van der Waals surface area contributed by atoms with Crippen LogP contribution in [0.3, 0.4) is 0 Å². The Morgan fingerprint density at radius 2 is 2.31 bits per heavy atom. The van der Waals surface area contributed by atoms with Gasteiger partial charge in [-0.3, -0.25) is 5.10 Å². The van der Waals surface area contributed by atoms with Crippen LogP contribution in [0.1, 0.15) is 31.5 Å². The maximum atomic E-state index is 5.02. The molecule has 2 N–H and O–H groups in total. The molecule has 1 heterocycles. The van der Waals surface area contributed by atoms with Gasteiger partial charge in [-0.05, 0) is 24.7 Å². The highest BCUT2D eigenvalue weighted by atomic mass is 16.5. The molecule has 1 aromatic heterocycles. The number of nitrogens with zero attached hydrogens (tertiary/aromatic N) is 1. The Morgan fingerprint density at radius 3 is 3.06 bits per heavy atom. The number of methoxy groups -OCH3 is 1. The normalized spacial score (nSPS) is 18.2. The number of hydrogen-bond acceptors (Lipinski definition) is 3. The van der Waals surface area contributed by atoms with Gasteiger partial charge in [0.15, 0.2) is 5.82 Å². The van der Waals surface area contributed by atoms with Crippen LogP contribution in [-0.2, 0) is 17.6 Å². The van der Waals surface area contributed by atoms with Crippen molar-refractivity contribution in [3.63, 3.8) is 0 Å². The molecule has 0 saturated carbocycles. The molecule has 0 aromatic carbocycles. The number of hydrogen-bond donors (Lipinski definition) is 2. The van der Waals surface area contributed by atoms with Crippen molar-refractivity contribution < 1.29 is 4.74 Å². The third-order valence-electron chi connectivity index (χ3n) is 3.26. The van der Waals surface area contributed by atoms with Crippen LogP contribution in [0.4, 0.5) is 5.82 Å². The highest BCUT2D eigenvalue weighted by Crippen LogP contribution is 2.36. The van der Waals surface area contributed by atoms with Crippen molar-refractivity contribution >= 4 is 5.82 Å². The quantitative estimate of drug-likeness (QED) is 0.767. The maximum absolute atomic E-state index is 5.02. The third-order valence-corrected chi connectivity index (χ3v) is 3.26. The molecule has 1 aliphatic carbocycles. The largest absolute Gasteiger partial charge is 0.383 e. The third kappa shape index (κ3) is 2.38. The van der Waals surface area contributed by atoms with E-state index in [9.17, 15) is 0 Å². The lowest BCUT2D eigenvalue weighted by atomic mass is 9.76. The number of aromatic amines is 1. The molecule has 90 valence electrons. The molecule has 4 heteroatoms. The lowest BCUT2D eigenvalue weighted by Gasteiger charge is -2.29. The van der Waals surface area contributed by atoms with Gasteiger partial charge < -0.3 is 10.1 Å². The molecule has 0 unspecified atom stereocenters. The Morgan fingerprint density at radius 1 is 1.50 bits per heavy atom. The summed E-state index contributed by atoms with van der Waals surface area (Å²) in [6.07, 6.45) is 3.45. The Balaban J connectivity index is 2.08. The van der Waals surface area contributed by atoms with Crippen molar-refractivity contribution in [3.8, 4) is 0 Å². The number of ether oxygens (including phenoxy) is 1. The summed E-state index contributed by atoms with van der Waals surface area (Å²) in [5, 5.41) is 10.8. The van der Waals surface area contributed by atoms with Crippen molar-refractivity contribution in [2.45, 2.75) is 33.1 Å². The second-order valence-corrected chi connectivity index (χ2v) is 5.29. The van der Waals surface area contributed by atoms with Gasteiger partial charge in [-0.25, -0.2) is 0 Å². The van der Waals surface area contributed by atoms with Gasteiger partial charge in [0.05, 0.1) is 6.61 Å². The van der Waals surface area contributed by atoms with Gasteiger partial charge in [0.2, 0.25) is 0 Å². The molecule has 0 amide bonds. The van der Waals surface area contributed by atoms with Crippen LogP contribution < -0.4 is 5.32 Å². The topological polar surface area (TPSA) is 49.9 Å². The van der Waals surface area contributed by atoms with E-state index in [4.69, 9.17) is 4.74 Å². The van der Waals surface area contributed by atoms with Gasteiger partial charge in [-0.15, -0.1) is 0 Å². The van der Waals surface area contributed by atoms with Crippen LogP contribution in [0.5, 0.6) is 0 Å². The van der Waals surface area contributed by atoms with Crippen LogP contribution in [-0.4, -0.2) is 30.5 Å². The SMILES string of the molecule is COCCNc1n[nH]c2c1CC(C)(C)CC2. The average Bonchev–Trinajstić information content (AvgIpc) is 2.60. The zero-order valence-electron chi connectivity index (χ0n) is 10.4. The van der Waals surface area contributed by atoms with E-state index >= 15 is 0 Å². The molecule has 0 spiro atoms. The first-order valence-electron chi connectivity index (χ1n) is 5.91. The standard InChI is InChI=1S/C12H21N3O/c1-12(2)5-4-10-9(8-12)11(15-14-10)13-6-7-16-3/h4-8H2,1-3H3,(H2,13,14,15). The molecule has 16 heavy (non-hydrogen) atoms. The van der Waals surface area contributed by atoms with E-state index < -0.39 is 0 Å². The molecule has 2 rings (SSSR count). The Bertz CT molecular complexity index is 357. The first-order valence-corrected chi connectivity index (χ1v) is 5.91. The van der Waals surface area contributed by atoms with E-state index in [-0.39, 0.29) is 0 Å². The number of rotatable bonds is 4. The first kappa shape index (κ1) is 11.5. The van der Waals surface area contributed by atoms with Gasteiger partial charge >= 0.3 is 0 Å². The Kier molecular flexibility index (Phi) is 3.19. The lowest BCUT2D eigenvalue weighted by molar-refractivity contribution is 0.210. The smallest absolute Gasteiger partial charge is 0.151 e. The Hall–Kier alpha value is -1.03. The predicted molar refractivity (Wildman–Crippen MR) is 64.8 cm³/mol. The van der Waals surface area contributed by atoms with Gasteiger partial charge in [0.1, 0.15) is 0 Å². The maximum Gasteiger partial charge on any atom is 0.151 e. The minimum atomic E-state index is 0.397. The minimum absolute atomic E-state index is 0.397. The monoisotopic (exact) mass is 223 g/mol. The number of aromatic nitrogens is 2. The molecule has 0 atom stereocenters. The molecular formula is C12H21N3O. The number of anilines is 1. The number of fused-ring (bicyclic) bond motifs is 1. The van der Waals surface area contributed by atoms with Crippen LogP contribution in [0.25, 0.3) is 0 Å². The fraction of sp³-hybridized carbons (Fsp3) is 0.750. The lowest BCUT2D eigenvalue weighted by Crippen LogP contribution is -2.22.